The number of hydrogen-bond donors (Lipinski definition) is 2. The van der Waals surface area contributed by atoms with E-state index in [2.05, 4.69) is 15.6 Å². The molecule has 2 aromatic carbocycles. The number of amides is 1. The molecule has 0 bridgehead atoms. The van der Waals surface area contributed by atoms with Crippen molar-refractivity contribution >= 4 is 29.0 Å². The van der Waals surface area contributed by atoms with Crippen LogP contribution in [0.25, 0.3) is 0 Å². The SMILES string of the molecule is CC(C)Nc1cc(C(=O)Nc2ccc(OCc3ccc(Cl)cc3)cc2)ccn1. The molecule has 0 fully saturated rings. The van der Waals surface area contributed by atoms with Gasteiger partial charge < -0.3 is 15.4 Å². The molecule has 6 heteroatoms. The van der Waals surface area contributed by atoms with Gasteiger partial charge in [0.2, 0.25) is 0 Å². The number of aromatic nitrogens is 1. The fourth-order valence-corrected chi connectivity index (χ4v) is 2.66. The summed E-state index contributed by atoms with van der Waals surface area (Å²) in [6.07, 6.45) is 1.62. The third-order valence-corrected chi connectivity index (χ3v) is 4.14. The molecule has 0 saturated carbocycles. The van der Waals surface area contributed by atoms with E-state index < -0.39 is 0 Å². The fraction of sp³-hybridized carbons (Fsp3) is 0.182. The zero-order valence-electron chi connectivity index (χ0n) is 15.8. The zero-order chi connectivity index (χ0) is 19.9. The quantitative estimate of drug-likeness (QED) is 0.563. The molecule has 0 saturated heterocycles. The lowest BCUT2D eigenvalue weighted by Crippen LogP contribution is -2.14. The van der Waals surface area contributed by atoms with Gasteiger partial charge in [-0.1, -0.05) is 23.7 Å². The molecule has 0 spiro atoms. The highest BCUT2D eigenvalue weighted by molar-refractivity contribution is 6.30. The van der Waals surface area contributed by atoms with E-state index in [1.54, 1.807) is 18.3 Å². The molecule has 0 atom stereocenters. The van der Waals surface area contributed by atoms with Gasteiger partial charge in [0, 0.05) is 28.5 Å². The predicted molar refractivity (Wildman–Crippen MR) is 113 cm³/mol. The van der Waals surface area contributed by atoms with Crippen LogP contribution < -0.4 is 15.4 Å². The zero-order valence-corrected chi connectivity index (χ0v) is 16.5. The van der Waals surface area contributed by atoms with Gasteiger partial charge in [0.05, 0.1) is 0 Å². The largest absolute Gasteiger partial charge is 0.489 e. The summed E-state index contributed by atoms with van der Waals surface area (Å²) in [4.78, 5) is 16.7. The van der Waals surface area contributed by atoms with E-state index in [-0.39, 0.29) is 11.9 Å². The molecule has 3 aromatic rings. The standard InChI is InChI=1S/C22H22ClN3O2/c1-15(2)25-21-13-17(11-12-24-21)22(27)26-19-7-9-20(10-8-19)28-14-16-3-5-18(23)6-4-16/h3-13,15H,14H2,1-2H3,(H,24,25)(H,26,27). The van der Waals surface area contributed by atoms with E-state index in [1.165, 1.54) is 0 Å². The second-order valence-corrected chi connectivity index (χ2v) is 7.06. The Morgan fingerprint density at radius 1 is 1.07 bits per heavy atom. The molecular weight excluding hydrogens is 374 g/mol. The topological polar surface area (TPSA) is 63.2 Å². The first-order chi connectivity index (χ1) is 13.5. The van der Waals surface area contributed by atoms with Gasteiger partial charge in [-0.3, -0.25) is 4.79 Å². The molecular formula is C22H22ClN3O2. The molecule has 1 heterocycles. The number of anilines is 2. The molecule has 0 aliphatic carbocycles. The summed E-state index contributed by atoms with van der Waals surface area (Å²) in [6, 6.07) is 18.4. The van der Waals surface area contributed by atoms with Crippen LogP contribution in [0, 0.1) is 0 Å². The highest BCUT2D eigenvalue weighted by Crippen LogP contribution is 2.19. The average molecular weight is 396 g/mol. The predicted octanol–water partition coefficient (Wildman–Crippen LogP) is 5.39. The number of nitrogens with zero attached hydrogens (tertiary/aromatic N) is 1. The van der Waals surface area contributed by atoms with Crippen molar-refractivity contribution in [2.45, 2.75) is 26.5 Å². The molecule has 28 heavy (non-hydrogen) atoms. The summed E-state index contributed by atoms with van der Waals surface area (Å²) in [7, 11) is 0. The lowest BCUT2D eigenvalue weighted by Gasteiger charge is -2.11. The van der Waals surface area contributed by atoms with E-state index in [0.717, 1.165) is 11.3 Å². The van der Waals surface area contributed by atoms with Crippen molar-refractivity contribution in [2.24, 2.45) is 0 Å². The Bertz CT molecular complexity index is 925. The third-order valence-electron chi connectivity index (χ3n) is 3.89. The smallest absolute Gasteiger partial charge is 0.255 e. The summed E-state index contributed by atoms with van der Waals surface area (Å²) in [5.74, 6) is 1.21. The molecule has 0 unspecified atom stereocenters. The lowest BCUT2D eigenvalue weighted by molar-refractivity contribution is 0.102. The minimum absolute atomic E-state index is 0.191. The first-order valence-corrected chi connectivity index (χ1v) is 9.38. The Kier molecular flexibility index (Phi) is 6.50. The van der Waals surface area contributed by atoms with Crippen molar-refractivity contribution < 1.29 is 9.53 Å². The molecule has 144 valence electrons. The number of nitrogens with one attached hydrogen (secondary N) is 2. The lowest BCUT2D eigenvalue weighted by atomic mass is 10.2. The van der Waals surface area contributed by atoms with Crippen molar-refractivity contribution in [3.05, 3.63) is 83.0 Å². The summed E-state index contributed by atoms with van der Waals surface area (Å²) in [5, 5.41) is 6.77. The van der Waals surface area contributed by atoms with Gasteiger partial charge in [-0.05, 0) is 67.9 Å². The minimum atomic E-state index is -0.191. The van der Waals surface area contributed by atoms with Gasteiger partial charge in [0.15, 0.2) is 0 Å². The number of carbonyl (C=O) groups is 1. The minimum Gasteiger partial charge on any atom is -0.489 e. The van der Waals surface area contributed by atoms with E-state index in [9.17, 15) is 4.79 Å². The molecule has 0 aliphatic rings. The van der Waals surface area contributed by atoms with E-state index in [4.69, 9.17) is 16.3 Å². The van der Waals surface area contributed by atoms with Gasteiger partial charge in [-0.2, -0.15) is 0 Å². The number of pyridine rings is 1. The van der Waals surface area contributed by atoms with Crippen LogP contribution in [-0.4, -0.2) is 16.9 Å². The highest BCUT2D eigenvalue weighted by Gasteiger charge is 2.08. The van der Waals surface area contributed by atoms with Crippen LogP contribution in [0.3, 0.4) is 0 Å². The Labute approximate surface area is 169 Å². The number of hydrogen-bond acceptors (Lipinski definition) is 4. The van der Waals surface area contributed by atoms with E-state index >= 15 is 0 Å². The Morgan fingerprint density at radius 2 is 1.79 bits per heavy atom. The second kappa shape index (κ2) is 9.24. The summed E-state index contributed by atoms with van der Waals surface area (Å²) < 4.78 is 5.76. The van der Waals surface area contributed by atoms with Crippen LogP contribution in [0.4, 0.5) is 11.5 Å². The molecule has 0 radical (unpaired) electrons. The van der Waals surface area contributed by atoms with Crippen LogP contribution in [0.2, 0.25) is 5.02 Å². The molecule has 0 aliphatic heterocycles. The first-order valence-electron chi connectivity index (χ1n) is 9.01. The maximum atomic E-state index is 12.5. The number of halogens is 1. The van der Waals surface area contributed by atoms with E-state index in [0.29, 0.717) is 28.7 Å². The van der Waals surface area contributed by atoms with Crippen molar-refractivity contribution in [3.63, 3.8) is 0 Å². The number of rotatable bonds is 7. The van der Waals surface area contributed by atoms with Crippen molar-refractivity contribution in [2.75, 3.05) is 10.6 Å². The van der Waals surface area contributed by atoms with Gasteiger partial charge in [0.1, 0.15) is 18.2 Å². The molecule has 1 aromatic heterocycles. The molecule has 2 N–H and O–H groups in total. The van der Waals surface area contributed by atoms with Crippen LogP contribution in [0.15, 0.2) is 66.9 Å². The van der Waals surface area contributed by atoms with Crippen LogP contribution in [0.1, 0.15) is 29.8 Å². The van der Waals surface area contributed by atoms with Gasteiger partial charge in [0.25, 0.3) is 5.91 Å². The average Bonchev–Trinajstić information content (AvgIpc) is 2.68. The van der Waals surface area contributed by atoms with Crippen molar-refractivity contribution in [3.8, 4) is 5.75 Å². The first kappa shape index (κ1) is 19.7. The van der Waals surface area contributed by atoms with Crippen LogP contribution >= 0.6 is 11.6 Å². The molecule has 5 nitrogen and oxygen atoms in total. The van der Waals surface area contributed by atoms with Crippen LogP contribution in [-0.2, 0) is 6.61 Å². The molecule has 3 rings (SSSR count). The fourth-order valence-electron chi connectivity index (χ4n) is 2.53. The van der Waals surface area contributed by atoms with Crippen molar-refractivity contribution in [1.82, 2.24) is 4.98 Å². The Morgan fingerprint density at radius 3 is 2.46 bits per heavy atom. The summed E-state index contributed by atoms with van der Waals surface area (Å²) >= 11 is 5.88. The Hall–Kier alpha value is -3.05. The third kappa shape index (κ3) is 5.72. The van der Waals surface area contributed by atoms with Gasteiger partial charge in [-0.15, -0.1) is 0 Å². The maximum absolute atomic E-state index is 12.5. The molecule has 1 amide bonds. The van der Waals surface area contributed by atoms with Gasteiger partial charge in [-0.25, -0.2) is 4.98 Å². The summed E-state index contributed by atoms with van der Waals surface area (Å²) in [6.45, 7) is 4.49. The highest BCUT2D eigenvalue weighted by atomic mass is 35.5. The van der Waals surface area contributed by atoms with E-state index in [1.807, 2.05) is 62.4 Å². The normalized spacial score (nSPS) is 10.6. The van der Waals surface area contributed by atoms with Crippen LogP contribution in [0.5, 0.6) is 5.75 Å². The monoisotopic (exact) mass is 395 g/mol. The second-order valence-electron chi connectivity index (χ2n) is 6.62. The number of carbonyl (C=O) groups excluding carboxylic acids is 1. The van der Waals surface area contributed by atoms with Gasteiger partial charge >= 0.3 is 0 Å². The van der Waals surface area contributed by atoms with Crippen molar-refractivity contribution in [1.29, 1.82) is 0 Å². The maximum Gasteiger partial charge on any atom is 0.255 e. The number of benzene rings is 2. The Balaban J connectivity index is 1.57. The number of ether oxygens (including phenoxy) is 1. The summed E-state index contributed by atoms with van der Waals surface area (Å²) in [5.41, 5.74) is 2.27.